The monoisotopic (exact) mass is 277 g/mol. The summed E-state index contributed by atoms with van der Waals surface area (Å²) < 4.78 is 5.13. The number of aliphatic hydroxyl groups excluding tert-OH is 1. The number of aliphatic hydroxyl groups is 1. The zero-order valence-electron chi connectivity index (χ0n) is 12.2. The van der Waals surface area contributed by atoms with Gasteiger partial charge in [0.25, 0.3) is 0 Å². The number of likely N-dealkylation sites (tertiary alicyclic amines) is 1. The topological polar surface area (TPSA) is 49.8 Å². The second-order valence-electron chi connectivity index (χ2n) is 5.51. The molecule has 1 aromatic rings. The van der Waals surface area contributed by atoms with E-state index in [2.05, 4.69) is 6.92 Å². The van der Waals surface area contributed by atoms with Crippen molar-refractivity contribution in [1.29, 1.82) is 0 Å². The van der Waals surface area contributed by atoms with Gasteiger partial charge < -0.3 is 14.7 Å². The van der Waals surface area contributed by atoms with Gasteiger partial charge in [-0.3, -0.25) is 4.79 Å². The molecular formula is C16H23NO3. The maximum Gasteiger partial charge on any atom is 0.223 e. The molecule has 1 aliphatic rings. The molecule has 4 heteroatoms. The van der Waals surface area contributed by atoms with Crippen molar-refractivity contribution in [3.05, 3.63) is 29.8 Å². The van der Waals surface area contributed by atoms with Crippen LogP contribution >= 0.6 is 0 Å². The van der Waals surface area contributed by atoms with Crippen LogP contribution in [0.3, 0.4) is 0 Å². The standard InChI is InChI=1S/C16H23NO3/c1-12(13-5-7-15(20-2)8-6-13)10-16(19)17-9-3-4-14(18)11-17/h5-8,12,14,18H,3-4,9-11H2,1-2H3. The molecule has 0 spiro atoms. The summed E-state index contributed by atoms with van der Waals surface area (Å²) in [6, 6.07) is 7.84. The molecule has 0 aromatic heterocycles. The number of hydrogen-bond acceptors (Lipinski definition) is 3. The molecule has 2 atom stereocenters. The molecule has 0 radical (unpaired) electrons. The molecule has 1 aliphatic heterocycles. The zero-order valence-corrected chi connectivity index (χ0v) is 12.2. The van der Waals surface area contributed by atoms with Crippen LogP contribution in [0.4, 0.5) is 0 Å². The van der Waals surface area contributed by atoms with E-state index in [0.29, 0.717) is 13.0 Å². The Hall–Kier alpha value is -1.55. The zero-order chi connectivity index (χ0) is 14.5. The summed E-state index contributed by atoms with van der Waals surface area (Å²) >= 11 is 0. The second-order valence-corrected chi connectivity index (χ2v) is 5.51. The molecule has 4 nitrogen and oxygen atoms in total. The van der Waals surface area contributed by atoms with Gasteiger partial charge in [-0.15, -0.1) is 0 Å². The number of amides is 1. The van der Waals surface area contributed by atoms with Crippen molar-refractivity contribution in [2.45, 2.75) is 38.2 Å². The van der Waals surface area contributed by atoms with Crippen LogP contribution in [0.2, 0.25) is 0 Å². The quantitative estimate of drug-likeness (QED) is 0.917. The van der Waals surface area contributed by atoms with Crippen molar-refractivity contribution in [1.82, 2.24) is 4.90 Å². The number of carbonyl (C=O) groups is 1. The Balaban J connectivity index is 1.92. The number of β-amino-alcohol motifs (C(OH)–C–C–N with tert-alkyl or cyclic N) is 1. The van der Waals surface area contributed by atoms with Gasteiger partial charge in [0.15, 0.2) is 0 Å². The molecule has 110 valence electrons. The maximum absolute atomic E-state index is 12.2. The lowest BCUT2D eigenvalue weighted by Gasteiger charge is -2.31. The summed E-state index contributed by atoms with van der Waals surface area (Å²) in [5, 5.41) is 9.63. The van der Waals surface area contributed by atoms with E-state index in [4.69, 9.17) is 4.74 Å². The minimum atomic E-state index is -0.357. The first-order valence-corrected chi connectivity index (χ1v) is 7.20. The highest BCUT2D eigenvalue weighted by molar-refractivity contribution is 5.77. The molecule has 0 bridgehead atoms. The van der Waals surface area contributed by atoms with E-state index in [1.807, 2.05) is 24.3 Å². The lowest BCUT2D eigenvalue weighted by Crippen LogP contribution is -2.42. The molecule has 1 aromatic carbocycles. The van der Waals surface area contributed by atoms with Crippen molar-refractivity contribution in [2.24, 2.45) is 0 Å². The highest BCUT2D eigenvalue weighted by atomic mass is 16.5. The van der Waals surface area contributed by atoms with Crippen LogP contribution in [-0.2, 0) is 4.79 Å². The number of carbonyl (C=O) groups excluding carboxylic acids is 1. The molecule has 2 rings (SSSR count). The fourth-order valence-electron chi connectivity index (χ4n) is 2.62. The third kappa shape index (κ3) is 3.73. The Bertz CT molecular complexity index is 444. The first-order valence-electron chi connectivity index (χ1n) is 7.20. The van der Waals surface area contributed by atoms with Crippen molar-refractivity contribution in [3.8, 4) is 5.75 Å². The lowest BCUT2D eigenvalue weighted by atomic mass is 9.96. The molecule has 2 unspecified atom stereocenters. The summed E-state index contributed by atoms with van der Waals surface area (Å²) in [4.78, 5) is 14.0. The van der Waals surface area contributed by atoms with Gasteiger partial charge in [-0.05, 0) is 36.5 Å². The fraction of sp³-hybridized carbons (Fsp3) is 0.562. The normalized spacial score (nSPS) is 20.6. The number of hydrogen-bond donors (Lipinski definition) is 1. The molecular weight excluding hydrogens is 254 g/mol. The van der Waals surface area contributed by atoms with Gasteiger partial charge in [-0.1, -0.05) is 19.1 Å². The van der Waals surface area contributed by atoms with Crippen LogP contribution in [-0.4, -0.2) is 42.2 Å². The Labute approximate surface area is 120 Å². The van der Waals surface area contributed by atoms with Crippen molar-refractivity contribution >= 4 is 5.91 Å². The van der Waals surface area contributed by atoms with Crippen molar-refractivity contribution in [2.75, 3.05) is 20.2 Å². The highest BCUT2D eigenvalue weighted by Gasteiger charge is 2.23. The third-order valence-corrected chi connectivity index (χ3v) is 3.91. The number of benzene rings is 1. The largest absolute Gasteiger partial charge is 0.497 e. The van der Waals surface area contributed by atoms with Gasteiger partial charge in [0, 0.05) is 19.5 Å². The van der Waals surface area contributed by atoms with Crippen molar-refractivity contribution < 1.29 is 14.6 Å². The van der Waals surface area contributed by atoms with E-state index >= 15 is 0 Å². The first kappa shape index (κ1) is 14.9. The Morgan fingerprint density at radius 3 is 2.75 bits per heavy atom. The summed E-state index contributed by atoms with van der Waals surface area (Å²) in [7, 11) is 1.64. The molecule has 0 saturated carbocycles. The summed E-state index contributed by atoms with van der Waals surface area (Å²) in [6.07, 6.45) is 1.82. The van der Waals surface area contributed by atoms with Crippen LogP contribution in [0.1, 0.15) is 37.7 Å². The van der Waals surface area contributed by atoms with E-state index in [9.17, 15) is 9.90 Å². The Kier molecular flexibility index (Phi) is 5.01. The number of piperidine rings is 1. The number of rotatable bonds is 4. The second kappa shape index (κ2) is 6.75. The summed E-state index contributed by atoms with van der Waals surface area (Å²) in [5.74, 6) is 1.13. The Morgan fingerprint density at radius 2 is 2.15 bits per heavy atom. The average Bonchev–Trinajstić information content (AvgIpc) is 2.47. The first-order chi connectivity index (χ1) is 9.60. The van der Waals surface area contributed by atoms with Gasteiger partial charge in [0.05, 0.1) is 13.2 Å². The predicted molar refractivity (Wildman–Crippen MR) is 77.8 cm³/mol. The van der Waals surface area contributed by atoms with Crippen LogP contribution in [0, 0.1) is 0 Å². The molecule has 0 aliphatic carbocycles. The molecule has 20 heavy (non-hydrogen) atoms. The predicted octanol–water partition coefficient (Wildman–Crippen LogP) is 2.17. The van der Waals surface area contributed by atoms with E-state index in [0.717, 1.165) is 30.7 Å². The van der Waals surface area contributed by atoms with Gasteiger partial charge in [-0.2, -0.15) is 0 Å². The van der Waals surface area contributed by atoms with Gasteiger partial charge in [0.2, 0.25) is 5.91 Å². The van der Waals surface area contributed by atoms with E-state index in [-0.39, 0.29) is 17.9 Å². The van der Waals surface area contributed by atoms with Gasteiger partial charge in [-0.25, -0.2) is 0 Å². The Morgan fingerprint density at radius 1 is 1.45 bits per heavy atom. The van der Waals surface area contributed by atoms with Crippen LogP contribution in [0.15, 0.2) is 24.3 Å². The van der Waals surface area contributed by atoms with Gasteiger partial charge in [0.1, 0.15) is 5.75 Å². The molecule has 1 amide bonds. The van der Waals surface area contributed by atoms with Crippen LogP contribution in [0.25, 0.3) is 0 Å². The molecule has 1 heterocycles. The minimum Gasteiger partial charge on any atom is -0.497 e. The van der Waals surface area contributed by atoms with E-state index < -0.39 is 0 Å². The van der Waals surface area contributed by atoms with Crippen LogP contribution in [0.5, 0.6) is 5.75 Å². The smallest absolute Gasteiger partial charge is 0.223 e. The van der Waals surface area contributed by atoms with Gasteiger partial charge >= 0.3 is 0 Å². The van der Waals surface area contributed by atoms with E-state index in [1.165, 1.54) is 0 Å². The number of ether oxygens (including phenoxy) is 1. The molecule has 1 saturated heterocycles. The molecule has 1 N–H and O–H groups in total. The maximum atomic E-state index is 12.2. The lowest BCUT2D eigenvalue weighted by molar-refractivity contribution is -0.134. The highest BCUT2D eigenvalue weighted by Crippen LogP contribution is 2.23. The summed E-state index contributed by atoms with van der Waals surface area (Å²) in [6.45, 7) is 3.31. The minimum absolute atomic E-state index is 0.132. The average molecular weight is 277 g/mol. The molecule has 1 fully saturated rings. The van der Waals surface area contributed by atoms with E-state index in [1.54, 1.807) is 12.0 Å². The fourth-order valence-corrected chi connectivity index (χ4v) is 2.62. The van der Waals surface area contributed by atoms with Crippen LogP contribution < -0.4 is 4.74 Å². The third-order valence-electron chi connectivity index (χ3n) is 3.91. The number of nitrogens with zero attached hydrogens (tertiary/aromatic N) is 1. The SMILES string of the molecule is COc1ccc(C(C)CC(=O)N2CCCC(O)C2)cc1. The number of methoxy groups -OCH3 is 1. The van der Waals surface area contributed by atoms with Crippen molar-refractivity contribution in [3.63, 3.8) is 0 Å². The summed E-state index contributed by atoms with van der Waals surface area (Å²) in [5.41, 5.74) is 1.14.